The number of benzene rings is 1. The topological polar surface area (TPSA) is 26.3 Å². The number of carbonyl (C=O) groups excluding carboxylic acids is 1. The zero-order valence-electron chi connectivity index (χ0n) is 10.8. The third kappa shape index (κ3) is 4.69. The van der Waals surface area contributed by atoms with Crippen LogP contribution in [-0.2, 0) is 16.0 Å². The van der Waals surface area contributed by atoms with Gasteiger partial charge < -0.3 is 4.74 Å². The summed E-state index contributed by atoms with van der Waals surface area (Å²) >= 11 is 3.20. The maximum atomic E-state index is 13.6. The minimum atomic E-state index is -0.323. The number of ether oxygens (including phenoxy) is 1. The van der Waals surface area contributed by atoms with Crippen molar-refractivity contribution in [2.45, 2.75) is 44.6 Å². The Morgan fingerprint density at radius 2 is 2.26 bits per heavy atom. The molecule has 1 saturated heterocycles. The van der Waals surface area contributed by atoms with E-state index >= 15 is 0 Å². The second kappa shape index (κ2) is 7.15. The standard InChI is InChI=1S/C15H18BrFO2/c16-12-5-4-11(15(17)10-12)9-13(18)6-7-14-3-1-2-8-19-14/h4-5,10,14H,1-3,6-9H2. The summed E-state index contributed by atoms with van der Waals surface area (Å²) in [5.74, 6) is -0.243. The highest BCUT2D eigenvalue weighted by molar-refractivity contribution is 9.10. The molecule has 0 spiro atoms. The quantitative estimate of drug-likeness (QED) is 0.815. The van der Waals surface area contributed by atoms with Crippen LogP contribution < -0.4 is 0 Å². The summed E-state index contributed by atoms with van der Waals surface area (Å²) < 4.78 is 19.9. The second-order valence-electron chi connectivity index (χ2n) is 4.98. The van der Waals surface area contributed by atoms with Crippen LogP contribution >= 0.6 is 15.9 Å². The molecule has 0 amide bonds. The molecule has 1 aliphatic rings. The van der Waals surface area contributed by atoms with Crippen LogP contribution in [0.3, 0.4) is 0 Å². The molecule has 104 valence electrons. The normalized spacial score (nSPS) is 19.4. The van der Waals surface area contributed by atoms with Crippen LogP contribution in [0.4, 0.5) is 4.39 Å². The minimum absolute atomic E-state index is 0.0791. The maximum absolute atomic E-state index is 13.6. The van der Waals surface area contributed by atoms with Crippen LogP contribution in [0.2, 0.25) is 0 Å². The molecule has 0 aliphatic carbocycles. The molecule has 0 saturated carbocycles. The average molecular weight is 329 g/mol. The van der Waals surface area contributed by atoms with E-state index < -0.39 is 0 Å². The zero-order chi connectivity index (χ0) is 13.7. The van der Waals surface area contributed by atoms with E-state index in [4.69, 9.17) is 4.74 Å². The van der Waals surface area contributed by atoms with Gasteiger partial charge in [-0.15, -0.1) is 0 Å². The van der Waals surface area contributed by atoms with E-state index in [1.165, 1.54) is 12.5 Å². The van der Waals surface area contributed by atoms with E-state index in [1.54, 1.807) is 12.1 Å². The third-order valence-corrected chi connectivity index (χ3v) is 3.92. The summed E-state index contributed by atoms with van der Waals surface area (Å²) in [4.78, 5) is 11.9. The van der Waals surface area contributed by atoms with Crippen LogP contribution in [0.5, 0.6) is 0 Å². The number of hydrogen-bond donors (Lipinski definition) is 0. The first-order chi connectivity index (χ1) is 9.15. The van der Waals surface area contributed by atoms with Crippen molar-refractivity contribution in [2.24, 2.45) is 0 Å². The highest BCUT2D eigenvalue weighted by atomic mass is 79.9. The van der Waals surface area contributed by atoms with E-state index in [0.717, 1.165) is 25.9 Å². The number of carbonyl (C=O) groups is 1. The molecule has 0 aromatic heterocycles. The van der Waals surface area contributed by atoms with Crippen molar-refractivity contribution in [2.75, 3.05) is 6.61 Å². The van der Waals surface area contributed by atoms with Crippen LogP contribution in [0.1, 0.15) is 37.7 Å². The lowest BCUT2D eigenvalue weighted by Crippen LogP contribution is -2.20. The Morgan fingerprint density at radius 3 is 2.95 bits per heavy atom. The SMILES string of the molecule is O=C(CCC1CCCCO1)Cc1ccc(Br)cc1F. The molecule has 1 aromatic rings. The molecule has 0 bridgehead atoms. The highest BCUT2D eigenvalue weighted by Crippen LogP contribution is 2.19. The van der Waals surface area contributed by atoms with Crippen molar-refractivity contribution < 1.29 is 13.9 Å². The third-order valence-electron chi connectivity index (χ3n) is 3.42. The van der Waals surface area contributed by atoms with Crippen molar-refractivity contribution in [1.82, 2.24) is 0 Å². The van der Waals surface area contributed by atoms with Gasteiger partial charge in [-0.3, -0.25) is 4.79 Å². The fourth-order valence-corrected chi connectivity index (χ4v) is 2.66. The van der Waals surface area contributed by atoms with Crippen LogP contribution in [0, 0.1) is 5.82 Å². The van der Waals surface area contributed by atoms with Crippen molar-refractivity contribution in [1.29, 1.82) is 0 Å². The maximum Gasteiger partial charge on any atom is 0.137 e. The first-order valence-corrected chi connectivity index (χ1v) is 7.51. The summed E-state index contributed by atoms with van der Waals surface area (Å²) in [6.45, 7) is 0.806. The molecule has 2 nitrogen and oxygen atoms in total. The van der Waals surface area contributed by atoms with Gasteiger partial charge in [0.15, 0.2) is 0 Å². The van der Waals surface area contributed by atoms with E-state index in [2.05, 4.69) is 15.9 Å². The zero-order valence-corrected chi connectivity index (χ0v) is 12.4. The van der Waals surface area contributed by atoms with E-state index in [9.17, 15) is 9.18 Å². The highest BCUT2D eigenvalue weighted by Gasteiger charge is 2.16. The molecule has 1 aliphatic heterocycles. The molecule has 2 rings (SSSR count). The molecule has 1 aromatic carbocycles. The fraction of sp³-hybridized carbons (Fsp3) is 0.533. The van der Waals surface area contributed by atoms with Crippen molar-refractivity contribution in [3.05, 3.63) is 34.1 Å². The largest absolute Gasteiger partial charge is 0.378 e. The molecule has 1 atom stereocenters. The summed E-state index contributed by atoms with van der Waals surface area (Å²) in [5, 5.41) is 0. The monoisotopic (exact) mass is 328 g/mol. The van der Waals surface area contributed by atoms with Gasteiger partial charge in [-0.1, -0.05) is 22.0 Å². The Morgan fingerprint density at radius 1 is 1.42 bits per heavy atom. The Balaban J connectivity index is 1.80. The first kappa shape index (κ1) is 14.7. The van der Waals surface area contributed by atoms with Gasteiger partial charge in [0.2, 0.25) is 0 Å². The number of Topliss-reactive ketones (excluding diaryl/α,β-unsaturated/α-hetero) is 1. The van der Waals surface area contributed by atoms with E-state index in [-0.39, 0.29) is 24.1 Å². The van der Waals surface area contributed by atoms with Crippen LogP contribution in [0.15, 0.2) is 22.7 Å². The molecule has 1 unspecified atom stereocenters. The fourth-order valence-electron chi connectivity index (χ4n) is 2.32. The molecule has 4 heteroatoms. The Kier molecular flexibility index (Phi) is 5.52. The lowest BCUT2D eigenvalue weighted by Gasteiger charge is -2.22. The summed E-state index contributed by atoms with van der Waals surface area (Å²) in [7, 11) is 0. The number of rotatable bonds is 5. The Bertz CT molecular complexity index is 442. The van der Waals surface area contributed by atoms with E-state index in [1.807, 2.05) is 0 Å². The first-order valence-electron chi connectivity index (χ1n) is 6.72. The van der Waals surface area contributed by atoms with Gasteiger partial charge in [-0.25, -0.2) is 4.39 Å². The average Bonchev–Trinajstić information content (AvgIpc) is 2.41. The van der Waals surface area contributed by atoms with Gasteiger partial charge in [0.1, 0.15) is 11.6 Å². The van der Waals surface area contributed by atoms with Crippen molar-refractivity contribution in [3.8, 4) is 0 Å². The van der Waals surface area contributed by atoms with Gasteiger partial charge in [0.25, 0.3) is 0 Å². The van der Waals surface area contributed by atoms with Gasteiger partial charge in [-0.05, 0) is 43.4 Å². The number of ketones is 1. The second-order valence-corrected chi connectivity index (χ2v) is 5.89. The van der Waals surface area contributed by atoms with Crippen LogP contribution in [-0.4, -0.2) is 18.5 Å². The van der Waals surface area contributed by atoms with Gasteiger partial charge in [-0.2, -0.15) is 0 Å². The number of halogens is 2. The molecule has 0 radical (unpaired) electrons. The molecule has 1 heterocycles. The predicted octanol–water partition coefficient (Wildman–Crippen LogP) is 4.05. The molecular weight excluding hydrogens is 311 g/mol. The van der Waals surface area contributed by atoms with Gasteiger partial charge in [0.05, 0.1) is 6.10 Å². The van der Waals surface area contributed by atoms with Gasteiger partial charge >= 0.3 is 0 Å². The minimum Gasteiger partial charge on any atom is -0.378 e. The molecule has 1 fully saturated rings. The van der Waals surface area contributed by atoms with Crippen LogP contribution in [0.25, 0.3) is 0 Å². The lowest BCUT2D eigenvalue weighted by atomic mass is 10.00. The molecule has 0 N–H and O–H groups in total. The summed E-state index contributed by atoms with van der Waals surface area (Å²) in [6.07, 6.45) is 4.96. The molecule has 19 heavy (non-hydrogen) atoms. The summed E-state index contributed by atoms with van der Waals surface area (Å²) in [6, 6.07) is 4.82. The van der Waals surface area contributed by atoms with Gasteiger partial charge in [0, 0.05) is 23.9 Å². The molecular formula is C15H18BrFO2. The smallest absolute Gasteiger partial charge is 0.137 e. The Labute approximate surface area is 121 Å². The Hall–Kier alpha value is -0.740. The predicted molar refractivity (Wildman–Crippen MR) is 75.6 cm³/mol. The summed E-state index contributed by atoms with van der Waals surface area (Å²) in [5.41, 5.74) is 0.470. The van der Waals surface area contributed by atoms with Crippen molar-refractivity contribution >= 4 is 21.7 Å². The lowest BCUT2D eigenvalue weighted by molar-refractivity contribution is -0.119. The van der Waals surface area contributed by atoms with E-state index in [0.29, 0.717) is 16.5 Å². The number of hydrogen-bond acceptors (Lipinski definition) is 2. The van der Waals surface area contributed by atoms with Crippen molar-refractivity contribution in [3.63, 3.8) is 0 Å².